The van der Waals surface area contributed by atoms with E-state index in [2.05, 4.69) is 0 Å². The fourth-order valence-electron chi connectivity index (χ4n) is 1.09. The Morgan fingerprint density at radius 1 is 1.23 bits per heavy atom. The molecule has 1 unspecified atom stereocenters. The van der Waals surface area contributed by atoms with E-state index < -0.39 is 11.6 Å². The number of halogens is 3. The maximum absolute atomic E-state index is 12.5. The molecular formula is C10H17F3. The Bertz CT molecular complexity index is 169. The first-order chi connectivity index (χ1) is 5.87. The highest BCUT2D eigenvalue weighted by Crippen LogP contribution is 2.44. The molecule has 0 aliphatic carbocycles. The Hall–Kier alpha value is -0.470. The number of hydrogen-bond donors (Lipinski definition) is 0. The van der Waals surface area contributed by atoms with Gasteiger partial charge < -0.3 is 0 Å². The maximum atomic E-state index is 12.5. The SMILES string of the molecule is CC=CCCC(C)(CC)C(F)(F)F. The van der Waals surface area contributed by atoms with Crippen LogP contribution < -0.4 is 0 Å². The van der Waals surface area contributed by atoms with E-state index in [0.29, 0.717) is 6.42 Å². The average molecular weight is 194 g/mol. The van der Waals surface area contributed by atoms with Gasteiger partial charge in [-0.25, -0.2) is 0 Å². The van der Waals surface area contributed by atoms with Crippen LogP contribution in [0.25, 0.3) is 0 Å². The molecule has 13 heavy (non-hydrogen) atoms. The van der Waals surface area contributed by atoms with Gasteiger partial charge in [-0.15, -0.1) is 0 Å². The fourth-order valence-corrected chi connectivity index (χ4v) is 1.09. The highest BCUT2D eigenvalue weighted by atomic mass is 19.4. The highest BCUT2D eigenvalue weighted by Gasteiger charge is 2.48. The zero-order valence-corrected chi connectivity index (χ0v) is 8.41. The quantitative estimate of drug-likeness (QED) is 0.584. The third-order valence-corrected chi connectivity index (χ3v) is 2.56. The summed E-state index contributed by atoms with van der Waals surface area (Å²) < 4.78 is 37.5. The molecule has 3 heteroatoms. The predicted octanol–water partition coefficient (Wildman–Crippen LogP) is 4.32. The lowest BCUT2D eigenvalue weighted by Gasteiger charge is -2.30. The molecule has 0 aliphatic heterocycles. The van der Waals surface area contributed by atoms with Gasteiger partial charge in [-0.2, -0.15) is 13.2 Å². The summed E-state index contributed by atoms with van der Waals surface area (Å²) in [5.41, 5.74) is -1.52. The van der Waals surface area contributed by atoms with E-state index >= 15 is 0 Å². The minimum Gasteiger partial charge on any atom is -0.171 e. The van der Waals surface area contributed by atoms with Gasteiger partial charge in [0, 0.05) is 0 Å². The monoisotopic (exact) mass is 194 g/mol. The van der Waals surface area contributed by atoms with Crippen molar-refractivity contribution in [2.45, 2.75) is 46.2 Å². The predicted molar refractivity (Wildman–Crippen MR) is 48.5 cm³/mol. The highest BCUT2D eigenvalue weighted by molar-refractivity contribution is 4.86. The van der Waals surface area contributed by atoms with Crippen molar-refractivity contribution in [3.8, 4) is 0 Å². The minimum atomic E-state index is -4.08. The normalized spacial score (nSPS) is 17.7. The van der Waals surface area contributed by atoms with Crippen molar-refractivity contribution >= 4 is 0 Å². The van der Waals surface area contributed by atoms with Crippen LogP contribution in [0.15, 0.2) is 12.2 Å². The van der Waals surface area contributed by atoms with Crippen LogP contribution in [-0.2, 0) is 0 Å². The summed E-state index contributed by atoms with van der Waals surface area (Å²) in [7, 11) is 0. The van der Waals surface area contributed by atoms with Crippen LogP contribution in [0.4, 0.5) is 13.2 Å². The minimum absolute atomic E-state index is 0.147. The van der Waals surface area contributed by atoms with Gasteiger partial charge in [0.1, 0.15) is 0 Å². The number of rotatable bonds is 4. The van der Waals surface area contributed by atoms with Gasteiger partial charge in [0.2, 0.25) is 0 Å². The van der Waals surface area contributed by atoms with Crippen molar-refractivity contribution in [2.24, 2.45) is 5.41 Å². The van der Waals surface area contributed by atoms with Gasteiger partial charge in [0.15, 0.2) is 0 Å². The molecule has 0 nitrogen and oxygen atoms in total. The summed E-state index contributed by atoms with van der Waals surface area (Å²) in [6.45, 7) is 4.69. The molecule has 78 valence electrons. The molecule has 0 aromatic rings. The standard InChI is InChI=1S/C10H17F3/c1-4-6-7-8-9(3,5-2)10(11,12)13/h4,6H,5,7-8H2,1-3H3. The van der Waals surface area contributed by atoms with E-state index in [1.807, 2.05) is 6.92 Å². The first-order valence-electron chi connectivity index (χ1n) is 4.55. The lowest BCUT2D eigenvalue weighted by atomic mass is 9.82. The molecule has 1 atom stereocenters. The summed E-state index contributed by atoms with van der Waals surface area (Å²) in [5, 5.41) is 0. The van der Waals surface area contributed by atoms with Crippen LogP contribution in [0.1, 0.15) is 40.0 Å². The molecule has 0 rings (SSSR count). The molecule has 0 spiro atoms. The zero-order chi connectivity index (χ0) is 10.5. The second-order valence-corrected chi connectivity index (χ2v) is 3.52. The molecule has 0 radical (unpaired) electrons. The Labute approximate surface area is 77.8 Å². The second kappa shape index (κ2) is 4.68. The van der Waals surface area contributed by atoms with E-state index in [9.17, 15) is 13.2 Å². The molecule has 0 fully saturated rings. The molecule has 0 aliphatic rings. The van der Waals surface area contributed by atoms with Crippen LogP contribution in [0.2, 0.25) is 0 Å². The van der Waals surface area contributed by atoms with Crippen molar-refractivity contribution in [1.29, 1.82) is 0 Å². The summed E-state index contributed by atoms with van der Waals surface area (Å²) in [5.74, 6) is 0. The maximum Gasteiger partial charge on any atom is 0.394 e. The van der Waals surface area contributed by atoms with E-state index in [4.69, 9.17) is 0 Å². The molecule has 0 aromatic heterocycles. The Balaban J connectivity index is 4.29. The Morgan fingerprint density at radius 2 is 1.77 bits per heavy atom. The molecule has 0 bridgehead atoms. The second-order valence-electron chi connectivity index (χ2n) is 3.52. The third kappa shape index (κ3) is 3.41. The van der Waals surface area contributed by atoms with Crippen LogP contribution in [0.3, 0.4) is 0 Å². The van der Waals surface area contributed by atoms with Crippen LogP contribution >= 0.6 is 0 Å². The van der Waals surface area contributed by atoms with Gasteiger partial charge >= 0.3 is 6.18 Å². The summed E-state index contributed by atoms with van der Waals surface area (Å²) in [6, 6.07) is 0. The van der Waals surface area contributed by atoms with Crippen LogP contribution in [-0.4, -0.2) is 6.18 Å². The van der Waals surface area contributed by atoms with E-state index in [1.54, 1.807) is 19.1 Å². The molecule has 0 saturated heterocycles. The van der Waals surface area contributed by atoms with Gasteiger partial charge in [-0.3, -0.25) is 0 Å². The van der Waals surface area contributed by atoms with E-state index in [0.717, 1.165) is 0 Å². The van der Waals surface area contributed by atoms with Gasteiger partial charge in [0.05, 0.1) is 5.41 Å². The van der Waals surface area contributed by atoms with E-state index in [1.165, 1.54) is 6.92 Å². The van der Waals surface area contributed by atoms with E-state index in [-0.39, 0.29) is 12.8 Å². The van der Waals surface area contributed by atoms with Crippen molar-refractivity contribution in [3.63, 3.8) is 0 Å². The van der Waals surface area contributed by atoms with Crippen LogP contribution in [0.5, 0.6) is 0 Å². The topological polar surface area (TPSA) is 0 Å². The van der Waals surface area contributed by atoms with Gasteiger partial charge in [-0.05, 0) is 26.2 Å². The first-order valence-corrected chi connectivity index (χ1v) is 4.55. The number of allylic oxidation sites excluding steroid dienone is 2. The molecule has 0 heterocycles. The van der Waals surface area contributed by atoms with Crippen molar-refractivity contribution in [2.75, 3.05) is 0 Å². The fraction of sp³-hybridized carbons (Fsp3) is 0.800. The zero-order valence-electron chi connectivity index (χ0n) is 8.41. The van der Waals surface area contributed by atoms with Crippen molar-refractivity contribution in [1.82, 2.24) is 0 Å². The summed E-state index contributed by atoms with van der Waals surface area (Å²) >= 11 is 0. The Morgan fingerprint density at radius 3 is 2.08 bits per heavy atom. The molecule has 0 aromatic carbocycles. The summed E-state index contributed by atoms with van der Waals surface area (Å²) in [6.07, 6.45) is 0.307. The van der Waals surface area contributed by atoms with Crippen molar-refractivity contribution in [3.05, 3.63) is 12.2 Å². The Kier molecular flexibility index (Phi) is 4.51. The lowest BCUT2D eigenvalue weighted by molar-refractivity contribution is -0.221. The van der Waals surface area contributed by atoms with Crippen LogP contribution in [0, 0.1) is 5.41 Å². The molecule has 0 N–H and O–H groups in total. The molecular weight excluding hydrogens is 177 g/mol. The average Bonchev–Trinajstić information content (AvgIpc) is 2.02. The molecule has 0 saturated carbocycles. The third-order valence-electron chi connectivity index (χ3n) is 2.56. The van der Waals surface area contributed by atoms with Crippen molar-refractivity contribution < 1.29 is 13.2 Å². The first kappa shape index (κ1) is 12.5. The lowest BCUT2D eigenvalue weighted by Crippen LogP contribution is -2.34. The van der Waals surface area contributed by atoms with Gasteiger partial charge in [0.25, 0.3) is 0 Å². The number of alkyl halides is 3. The smallest absolute Gasteiger partial charge is 0.171 e. The largest absolute Gasteiger partial charge is 0.394 e. The summed E-state index contributed by atoms with van der Waals surface area (Å²) in [4.78, 5) is 0. The number of hydrogen-bond acceptors (Lipinski definition) is 0. The van der Waals surface area contributed by atoms with Gasteiger partial charge in [-0.1, -0.05) is 26.0 Å². The molecule has 0 amide bonds.